The fourth-order valence-electron chi connectivity index (χ4n) is 1.14. The van der Waals surface area contributed by atoms with Gasteiger partial charge in [-0.25, -0.2) is 0 Å². The predicted molar refractivity (Wildman–Crippen MR) is 53.7 cm³/mol. The van der Waals surface area contributed by atoms with E-state index in [9.17, 15) is 5.11 Å². The first kappa shape index (κ1) is 14.8. The second kappa shape index (κ2) is 8.01. The average molecular weight is 221 g/mol. The smallest absolute Gasteiger partial charge is 0.346 e. The maximum atomic E-state index is 12.1. The lowest BCUT2D eigenvalue weighted by Gasteiger charge is -2.31. The molecule has 15 heavy (non-hydrogen) atoms. The molecule has 5 nitrogen and oxygen atoms in total. The van der Waals surface area contributed by atoms with Crippen molar-refractivity contribution in [1.29, 1.82) is 0 Å². The summed E-state index contributed by atoms with van der Waals surface area (Å²) >= 11 is 0. The molecular formula is C10H21O5. The Hall–Kier alpha value is -0.200. The van der Waals surface area contributed by atoms with Crippen molar-refractivity contribution in [2.24, 2.45) is 0 Å². The van der Waals surface area contributed by atoms with Crippen LogP contribution in [-0.2, 0) is 24.1 Å². The van der Waals surface area contributed by atoms with Gasteiger partial charge in [0.25, 0.3) is 0 Å². The van der Waals surface area contributed by atoms with Gasteiger partial charge in [-0.2, -0.15) is 5.11 Å². The zero-order valence-corrected chi connectivity index (χ0v) is 9.95. The van der Waals surface area contributed by atoms with Crippen LogP contribution >= 0.6 is 0 Å². The van der Waals surface area contributed by atoms with E-state index in [1.165, 1.54) is 0 Å². The summed E-state index contributed by atoms with van der Waals surface area (Å²) in [5.74, 6) is -2.07. The van der Waals surface area contributed by atoms with Crippen LogP contribution in [0.3, 0.4) is 0 Å². The van der Waals surface area contributed by atoms with Gasteiger partial charge in [0, 0.05) is 26.4 Å². The highest BCUT2D eigenvalue weighted by Crippen LogP contribution is 2.20. The van der Waals surface area contributed by atoms with Crippen molar-refractivity contribution < 1.29 is 24.1 Å². The van der Waals surface area contributed by atoms with Crippen LogP contribution in [0.2, 0.25) is 0 Å². The molecular weight excluding hydrogens is 200 g/mol. The van der Waals surface area contributed by atoms with E-state index in [0.717, 1.165) is 0 Å². The Bertz CT molecular complexity index is 139. The third-order valence-electron chi connectivity index (χ3n) is 1.62. The fraction of sp³-hybridized carbons (Fsp3) is 1.00. The van der Waals surface area contributed by atoms with Gasteiger partial charge < -0.3 is 18.9 Å². The maximum Gasteiger partial charge on any atom is 0.365 e. The standard InChI is InChI=1S/C10H21O5/c1-5-12-9(13-6-2)10(11,14-7-3)15-8-4/h9H,5-8H2,1-4H3. The number of rotatable bonds is 9. The van der Waals surface area contributed by atoms with E-state index in [-0.39, 0.29) is 13.2 Å². The van der Waals surface area contributed by atoms with Crippen LogP contribution in [0.25, 0.3) is 0 Å². The highest BCUT2D eigenvalue weighted by atomic mass is 16.9. The molecule has 0 spiro atoms. The van der Waals surface area contributed by atoms with Gasteiger partial charge in [-0.1, -0.05) is 0 Å². The normalized spacial score (nSPS) is 12.4. The van der Waals surface area contributed by atoms with Crippen molar-refractivity contribution in [2.75, 3.05) is 26.4 Å². The van der Waals surface area contributed by atoms with Crippen molar-refractivity contribution in [1.82, 2.24) is 0 Å². The van der Waals surface area contributed by atoms with Gasteiger partial charge in [-0.3, -0.25) is 0 Å². The van der Waals surface area contributed by atoms with Crippen LogP contribution < -0.4 is 0 Å². The Labute approximate surface area is 91.3 Å². The van der Waals surface area contributed by atoms with Crippen LogP contribution in [0.5, 0.6) is 0 Å². The lowest BCUT2D eigenvalue weighted by molar-refractivity contribution is -0.461. The Morgan fingerprint density at radius 2 is 1.27 bits per heavy atom. The molecule has 0 aliphatic rings. The molecule has 0 aromatic carbocycles. The summed E-state index contributed by atoms with van der Waals surface area (Å²) in [6.07, 6.45) is -1.03. The fourth-order valence-corrected chi connectivity index (χ4v) is 1.14. The molecule has 5 heteroatoms. The van der Waals surface area contributed by atoms with E-state index in [1.54, 1.807) is 27.7 Å². The SMILES string of the molecule is CCOC(OCC)C([O])(OCC)OCC. The van der Waals surface area contributed by atoms with Gasteiger partial charge in [-0.05, 0) is 27.7 Å². The first-order chi connectivity index (χ1) is 7.14. The molecule has 0 rings (SSSR count). The minimum absolute atomic E-state index is 0.250. The quantitative estimate of drug-likeness (QED) is 0.554. The summed E-state index contributed by atoms with van der Waals surface area (Å²) in [5, 5.41) is 12.1. The second-order valence-corrected chi connectivity index (χ2v) is 2.71. The third-order valence-corrected chi connectivity index (χ3v) is 1.62. The predicted octanol–water partition coefficient (Wildman–Crippen LogP) is 1.54. The lowest BCUT2D eigenvalue weighted by Crippen LogP contribution is -2.49. The topological polar surface area (TPSA) is 56.8 Å². The third kappa shape index (κ3) is 4.90. The van der Waals surface area contributed by atoms with E-state index < -0.39 is 12.3 Å². The molecule has 1 radical (unpaired) electrons. The highest BCUT2D eigenvalue weighted by Gasteiger charge is 2.43. The first-order valence-corrected chi connectivity index (χ1v) is 5.36. The maximum absolute atomic E-state index is 12.1. The highest BCUT2D eigenvalue weighted by molar-refractivity contribution is 4.60. The summed E-state index contributed by atoms with van der Waals surface area (Å²) in [5.41, 5.74) is 0. The van der Waals surface area contributed by atoms with Gasteiger partial charge in [0.1, 0.15) is 0 Å². The summed E-state index contributed by atoms with van der Waals surface area (Å²) in [6.45, 7) is 8.25. The first-order valence-electron chi connectivity index (χ1n) is 5.36. The molecule has 0 saturated heterocycles. The molecule has 0 bridgehead atoms. The van der Waals surface area contributed by atoms with Gasteiger partial charge in [-0.15, -0.1) is 0 Å². The zero-order valence-electron chi connectivity index (χ0n) is 9.95. The summed E-state index contributed by atoms with van der Waals surface area (Å²) < 4.78 is 20.4. The lowest BCUT2D eigenvalue weighted by atomic mass is 10.5. The van der Waals surface area contributed by atoms with Crippen LogP contribution in [0, 0.1) is 0 Å². The molecule has 0 aromatic heterocycles. The summed E-state index contributed by atoms with van der Waals surface area (Å²) in [6, 6.07) is 0. The van der Waals surface area contributed by atoms with Crippen molar-refractivity contribution in [3.63, 3.8) is 0 Å². The molecule has 0 fully saturated rings. The minimum Gasteiger partial charge on any atom is -0.346 e. The Kier molecular flexibility index (Phi) is 7.90. The van der Waals surface area contributed by atoms with Crippen LogP contribution in [0.15, 0.2) is 0 Å². The summed E-state index contributed by atoms with van der Waals surface area (Å²) in [4.78, 5) is 0. The average Bonchev–Trinajstić information content (AvgIpc) is 2.18. The van der Waals surface area contributed by atoms with Crippen molar-refractivity contribution in [3.05, 3.63) is 0 Å². The van der Waals surface area contributed by atoms with Crippen LogP contribution in [0.4, 0.5) is 0 Å². The molecule has 0 amide bonds. The van der Waals surface area contributed by atoms with Gasteiger partial charge >= 0.3 is 5.97 Å². The van der Waals surface area contributed by atoms with E-state index in [2.05, 4.69) is 0 Å². The Morgan fingerprint density at radius 3 is 1.53 bits per heavy atom. The molecule has 0 aliphatic carbocycles. The summed E-state index contributed by atoms with van der Waals surface area (Å²) in [7, 11) is 0. The van der Waals surface area contributed by atoms with E-state index in [0.29, 0.717) is 13.2 Å². The van der Waals surface area contributed by atoms with E-state index in [1.807, 2.05) is 0 Å². The van der Waals surface area contributed by atoms with Gasteiger partial charge in [0.2, 0.25) is 6.29 Å². The molecule has 91 valence electrons. The molecule has 0 saturated carbocycles. The minimum atomic E-state index is -2.07. The van der Waals surface area contributed by atoms with Crippen molar-refractivity contribution >= 4 is 0 Å². The van der Waals surface area contributed by atoms with Crippen LogP contribution in [-0.4, -0.2) is 38.7 Å². The van der Waals surface area contributed by atoms with Crippen molar-refractivity contribution in [2.45, 2.75) is 40.0 Å². The molecule has 0 aromatic rings. The molecule has 0 heterocycles. The molecule has 0 atom stereocenters. The Morgan fingerprint density at radius 1 is 0.867 bits per heavy atom. The monoisotopic (exact) mass is 221 g/mol. The number of hydrogen-bond donors (Lipinski definition) is 0. The van der Waals surface area contributed by atoms with E-state index in [4.69, 9.17) is 18.9 Å². The second-order valence-electron chi connectivity index (χ2n) is 2.71. The number of ether oxygens (including phenoxy) is 4. The number of hydrogen-bond acceptors (Lipinski definition) is 4. The van der Waals surface area contributed by atoms with E-state index >= 15 is 0 Å². The van der Waals surface area contributed by atoms with Gasteiger partial charge in [0.15, 0.2) is 0 Å². The van der Waals surface area contributed by atoms with Crippen molar-refractivity contribution in [3.8, 4) is 0 Å². The molecule has 0 aliphatic heterocycles. The molecule has 0 unspecified atom stereocenters. The zero-order chi connectivity index (χ0) is 11.7. The molecule has 0 N–H and O–H groups in total. The van der Waals surface area contributed by atoms with Crippen LogP contribution in [0.1, 0.15) is 27.7 Å². The Balaban J connectivity index is 4.48. The largest absolute Gasteiger partial charge is 0.365 e. The van der Waals surface area contributed by atoms with Gasteiger partial charge in [0.05, 0.1) is 0 Å².